The summed E-state index contributed by atoms with van der Waals surface area (Å²) in [6.45, 7) is 1.68. The van der Waals surface area contributed by atoms with E-state index in [1.165, 1.54) is 38.5 Å². The maximum atomic E-state index is 13.1. The summed E-state index contributed by atoms with van der Waals surface area (Å²) in [5.74, 6) is -0.646. The third-order valence-electron chi connectivity index (χ3n) is 5.59. The number of hydrogen-bond acceptors (Lipinski definition) is 6. The summed E-state index contributed by atoms with van der Waals surface area (Å²) in [5, 5.41) is 4.98. The van der Waals surface area contributed by atoms with Crippen LogP contribution in [0.2, 0.25) is 5.02 Å². The van der Waals surface area contributed by atoms with E-state index in [4.69, 9.17) is 26.8 Å². The fourth-order valence-electron chi connectivity index (χ4n) is 4.02. The van der Waals surface area contributed by atoms with E-state index in [2.05, 4.69) is 15.2 Å². The Morgan fingerprint density at radius 2 is 1.94 bits per heavy atom. The predicted molar refractivity (Wildman–Crippen MR) is 128 cm³/mol. The average Bonchev–Trinajstić information content (AvgIpc) is 2.83. The van der Waals surface area contributed by atoms with E-state index in [0.29, 0.717) is 5.69 Å². The number of primary amides is 1. The van der Waals surface area contributed by atoms with Crippen molar-refractivity contribution in [1.82, 2.24) is 4.98 Å². The minimum absolute atomic E-state index is 0.132. The molecule has 172 valence electrons. The fourth-order valence-corrected chi connectivity index (χ4v) is 4.29. The van der Waals surface area contributed by atoms with E-state index in [1.54, 1.807) is 12.4 Å². The molecule has 0 aliphatic carbocycles. The number of carbonyl (C=O) groups is 2. The van der Waals surface area contributed by atoms with Crippen LogP contribution in [0.15, 0.2) is 42.7 Å². The molecule has 2 heterocycles. The number of nitrogens with zero attached hydrogens (tertiary/aromatic N) is 2. The van der Waals surface area contributed by atoms with Gasteiger partial charge in [0.15, 0.2) is 18.1 Å². The number of methoxy groups -OCH3 is 1. The molecule has 0 unspecified atom stereocenters. The van der Waals surface area contributed by atoms with E-state index in [1.807, 2.05) is 18.2 Å². The van der Waals surface area contributed by atoms with Gasteiger partial charge in [-0.2, -0.15) is 0 Å². The van der Waals surface area contributed by atoms with Crippen LogP contribution >= 0.6 is 11.6 Å². The number of nitrogens with two attached hydrogens (primary N) is 1. The van der Waals surface area contributed by atoms with E-state index in [9.17, 15) is 9.59 Å². The van der Waals surface area contributed by atoms with Crippen molar-refractivity contribution >= 4 is 45.6 Å². The Bertz CT molecular complexity index is 1190. The number of anilines is 2. The molecule has 4 rings (SSSR count). The number of ether oxygens (including phenoxy) is 2. The number of fused-ring (bicyclic) bond motifs is 1. The van der Waals surface area contributed by atoms with Crippen LogP contribution in [-0.2, 0) is 4.79 Å². The van der Waals surface area contributed by atoms with E-state index in [0.717, 1.165) is 29.5 Å². The monoisotopic (exact) mass is 468 g/mol. The lowest BCUT2D eigenvalue weighted by molar-refractivity contribution is -0.119. The SMILES string of the molecule is COc1cc(C(=O)Nc2ccc(N3CCCCC3)c3ccncc23)cc(Cl)c1OCC(N)=O. The van der Waals surface area contributed by atoms with Crippen LogP contribution in [0.5, 0.6) is 11.5 Å². The zero-order valence-electron chi connectivity index (χ0n) is 18.3. The molecule has 2 amide bonds. The molecular weight excluding hydrogens is 444 g/mol. The third kappa shape index (κ3) is 4.96. The van der Waals surface area contributed by atoms with Crippen molar-refractivity contribution in [2.75, 3.05) is 37.0 Å². The van der Waals surface area contributed by atoms with Crippen molar-refractivity contribution in [3.05, 3.63) is 53.3 Å². The molecule has 0 spiro atoms. The Morgan fingerprint density at radius 3 is 2.67 bits per heavy atom. The molecule has 0 radical (unpaired) electrons. The molecule has 1 aliphatic rings. The van der Waals surface area contributed by atoms with Crippen LogP contribution in [-0.4, -0.2) is 43.6 Å². The molecule has 1 aliphatic heterocycles. The highest BCUT2D eigenvalue weighted by molar-refractivity contribution is 6.33. The van der Waals surface area contributed by atoms with Crippen LogP contribution < -0.4 is 25.4 Å². The Hall–Kier alpha value is -3.52. The Morgan fingerprint density at radius 1 is 1.15 bits per heavy atom. The number of aromatic nitrogens is 1. The highest BCUT2D eigenvalue weighted by Gasteiger charge is 2.19. The maximum absolute atomic E-state index is 13.1. The number of carbonyl (C=O) groups excluding carboxylic acids is 2. The van der Waals surface area contributed by atoms with E-state index in [-0.39, 0.29) is 34.6 Å². The number of halogens is 1. The number of rotatable bonds is 7. The summed E-state index contributed by atoms with van der Waals surface area (Å²) in [6, 6.07) is 8.87. The summed E-state index contributed by atoms with van der Waals surface area (Å²) in [5.41, 5.74) is 7.20. The van der Waals surface area contributed by atoms with Crippen molar-refractivity contribution in [3.8, 4) is 11.5 Å². The van der Waals surface area contributed by atoms with Crippen LogP contribution in [0.1, 0.15) is 29.6 Å². The molecule has 0 saturated carbocycles. The number of amides is 2. The normalized spacial score (nSPS) is 13.6. The first kappa shape index (κ1) is 22.7. The molecule has 0 bridgehead atoms. The van der Waals surface area contributed by atoms with Gasteiger partial charge in [0, 0.05) is 47.5 Å². The van der Waals surface area contributed by atoms with Crippen molar-refractivity contribution in [2.24, 2.45) is 5.73 Å². The van der Waals surface area contributed by atoms with Gasteiger partial charge in [0.25, 0.3) is 11.8 Å². The van der Waals surface area contributed by atoms with Crippen molar-refractivity contribution in [3.63, 3.8) is 0 Å². The van der Waals surface area contributed by atoms with Crippen LogP contribution in [0.4, 0.5) is 11.4 Å². The summed E-state index contributed by atoms with van der Waals surface area (Å²) >= 11 is 6.29. The van der Waals surface area contributed by atoms with Gasteiger partial charge in [-0.1, -0.05) is 11.6 Å². The highest BCUT2D eigenvalue weighted by atomic mass is 35.5. The molecule has 3 aromatic rings. The smallest absolute Gasteiger partial charge is 0.255 e. The van der Waals surface area contributed by atoms with E-state index >= 15 is 0 Å². The second-order valence-electron chi connectivity index (χ2n) is 7.80. The van der Waals surface area contributed by atoms with Crippen molar-refractivity contribution in [2.45, 2.75) is 19.3 Å². The fraction of sp³-hybridized carbons (Fsp3) is 0.292. The predicted octanol–water partition coefficient (Wildman–Crippen LogP) is 4.00. The number of piperidine rings is 1. The first-order valence-corrected chi connectivity index (χ1v) is 11.1. The number of pyridine rings is 1. The van der Waals surface area contributed by atoms with Gasteiger partial charge >= 0.3 is 0 Å². The lowest BCUT2D eigenvalue weighted by atomic mass is 10.0. The molecule has 2 aromatic carbocycles. The summed E-state index contributed by atoms with van der Waals surface area (Å²) in [4.78, 5) is 30.8. The molecule has 1 saturated heterocycles. The Labute approximate surface area is 196 Å². The second kappa shape index (κ2) is 9.95. The van der Waals surface area contributed by atoms with Gasteiger partial charge in [-0.05, 0) is 49.6 Å². The van der Waals surface area contributed by atoms with Gasteiger partial charge in [-0.3, -0.25) is 14.6 Å². The second-order valence-corrected chi connectivity index (χ2v) is 8.21. The average molecular weight is 469 g/mol. The van der Waals surface area contributed by atoms with Crippen molar-refractivity contribution < 1.29 is 19.1 Å². The topological polar surface area (TPSA) is 107 Å². The minimum Gasteiger partial charge on any atom is -0.493 e. The molecular formula is C24H25ClN4O4. The van der Waals surface area contributed by atoms with Gasteiger partial charge in [-0.15, -0.1) is 0 Å². The van der Waals surface area contributed by atoms with Gasteiger partial charge in [0.2, 0.25) is 0 Å². The van der Waals surface area contributed by atoms with Crippen molar-refractivity contribution in [1.29, 1.82) is 0 Å². The lowest BCUT2D eigenvalue weighted by Gasteiger charge is -2.30. The minimum atomic E-state index is -0.650. The summed E-state index contributed by atoms with van der Waals surface area (Å²) < 4.78 is 10.6. The molecule has 3 N–H and O–H groups in total. The molecule has 8 nitrogen and oxygen atoms in total. The third-order valence-corrected chi connectivity index (χ3v) is 5.87. The molecule has 1 aromatic heterocycles. The molecule has 0 atom stereocenters. The molecule has 33 heavy (non-hydrogen) atoms. The van der Waals surface area contributed by atoms with E-state index < -0.39 is 5.91 Å². The van der Waals surface area contributed by atoms with Crippen LogP contribution in [0, 0.1) is 0 Å². The summed E-state index contributed by atoms with van der Waals surface area (Å²) in [6.07, 6.45) is 7.12. The quantitative estimate of drug-likeness (QED) is 0.542. The number of benzene rings is 2. The zero-order chi connectivity index (χ0) is 23.4. The zero-order valence-corrected chi connectivity index (χ0v) is 19.0. The largest absolute Gasteiger partial charge is 0.493 e. The maximum Gasteiger partial charge on any atom is 0.255 e. The molecule has 9 heteroatoms. The molecule has 1 fully saturated rings. The van der Waals surface area contributed by atoms with Gasteiger partial charge in [0.05, 0.1) is 17.8 Å². The first-order valence-electron chi connectivity index (χ1n) is 10.7. The Balaban J connectivity index is 1.63. The lowest BCUT2D eigenvalue weighted by Crippen LogP contribution is -2.29. The van der Waals surface area contributed by atoms with Crippen LogP contribution in [0.3, 0.4) is 0 Å². The standard InChI is InChI=1S/C24H25ClN4O4/c1-32-21-12-15(11-18(25)23(21)33-14-22(26)30)24(31)28-19-5-6-20(29-9-3-2-4-10-29)16-7-8-27-13-17(16)19/h5-8,11-13H,2-4,9-10,14H2,1H3,(H2,26,30)(H,28,31). The highest BCUT2D eigenvalue weighted by Crippen LogP contribution is 2.37. The first-order chi connectivity index (χ1) is 16.0. The summed E-state index contributed by atoms with van der Waals surface area (Å²) in [7, 11) is 1.42. The number of nitrogens with one attached hydrogen (secondary N) is 1. The van der Waals surface area contributed by atoms with Gasteiger partial charge < -0.3 is 25.4 Å². The number of hydrogen-bond donors (Lipinski definition) is 2. The Kier molecular flexibility index (Phi) is 6.84. The van der Waals surface area contributed by atoms with Crippen LogP contribution in [0.25, 0.3) is 10.8 Å². The van der Waals surface area contributed by atoms with Gasteiger partial charge in [-0.25, -0.2) is 0 Å². The van der Waals surface area contributed by atoms with Gasteiger partial charge in [0.1, 0.15) is 0 Å².